The predicted molar refractivity (Wildman–Crippen MR) is 61.6 cm³/mol. The molecule has 0 amide bonds. The van der Waals surface area contributed by atoms with Crippen molar-refractivity contribution in [3.63, 3.8) is 0 Å². The van der Waals surface area contributed by atoms with Crippen LogP contribution in [-0.2, 0) is 0 Å². The summed E-state index contributed by atoms with van der Waals surface area (Å²) >= 11 is 6.02. The van der Waals surface area contributed by atoms with E-state index < -0.39 is 5.97 Å². The summed E-state index contributed by atoms with van der Waals surface area (Å²) in [5.74, 6) is -0.983. The van der Waals surface area contributed by atoms with Gasteiger partial charge in [0.2, 0.25) is 0 Å². The molecule has 0 saturated carbocycles. The Morgan fingerprint density at radius 1 is 1.19 bits per heavy atom. The molecule has 1 heterocycles. The first kappa shape index (κ1) is 10.6. The Hall–Kier alpha value is -1.87. The fourth-order valence-electron chi connectivity index (χ4n) is 1.41. The zero-order chi connectivity index (χ0) is 11.5. The highest BCUT2D eigenvalue weighted by molar-refractivity contribution is 6.33. The molecule has 1 N–H and O–H groups in total. The Bertz CT molecular complexity index is 526. The van der Waals surface area contributed by atoms with E-state index in [1.165, 1.54) is 12.1 Å². The van der Waals surface area contributed by atoms with Crippen molar-refractivity contribution in [2.75, 3.05) is 0 Å². The molecular weight excluding hydrogens is 226 g/mol. The Kier molecular flexibility index (Phi) is 2.88. The number of hydrogen-bond donors (Lipinski definition) is 1. The summed E-state index contributed by atoms with van der Waals surface area (Å²) in [6, 6.07) is 8.31. The number of nitrogens with zero attached hydrogens (tertiary/aromatic N) is 1. The van der Waals surface area contributed by atoms with Crippen molar-refractivity contribution in [1.29, 1.82) is 0 Å². The molecule has 1 aromatic carbocycles. The molecule has 16 heavy (non-hydrogen) atoms. The number of aromatic nitrogens is 1. The molecule has 2 rings (SSSR count). The molecule has 0 aliphatic carbocycles. The van der Waals surface area contributed by atoms with Crippen molar-refractivity contribution < 1.29 is 9.90 Å². The summed E-state index contributed by atoms with van der Waals surface area (Å²) in [6.45, 7) is 0. The van der Waals surface area contributed by atoms with Crippen molar-refractivity contribution in [1.82, 2.24) is 4.98 Å². The Labute approximate surface area is 97.3 Å². The van der Waals surface area contributed by atoms with Crippen LogP contribution in [0.3, 0.4) is 0 Å². The Balaban J connectivity index is 2.48. The van der Waals surface area contributed by atoms with Crippen LogP contribution in [0.1, 0.15) is 10.4 Å². The van der Waals surface area contributed by atoms with Gasteiger partial charge in [0.05, 0.1) is 5.56 Å². The van der Waals surface area contributed by atoms with Crippen LogP contribution in [0.2, 0.25) is 5.02 Å². The van der Waals surface area contributed by atoms with E-state index in [0.29, 0.717) is 5.02 Å². The van der Waals surface area contributed by atoms with Crippen LogP contribution in [0.25, 0.3) is 11.1 Å². The third-order valence-electron chi connectivity index (χ3n) is 2.21. The van der Waals surface area contributed by atoms with Gasteiger partial charge in [-0.05, 0) is 29.8 Å². The summed E-state index contributed by atoms with van der Waals surface area (Å²) in [5, 5.41) is 9.22. The van der Waals surface area contributed by atoms with Gasteiger partial charge in [0, 0.05) is 23.0 Å². The molecule has 0 aliphatic rings. The maximum atomic E-state index is 10.7. The highest BCUT2D eigenvalue weighted by Gasteiger charge is 2.08. The third-order valence-corrected chi connectivity index (χ3v) is 2.52. The molecular formula is C12H8ClNO2. The number of aromatic carboxylic acids is 1. The first-order valence-corrected chi connectivity index (χ1v) is 4.99. The van der Waals surface area contributed by atoms with E-state index >= 15 is 0 Å². The van der Waals surface area contributed by atoms with E-state index in [4.69, 9.17) is 16.7 Å². The first-order chi connectivity index (χ1) is 7.68. The molecule has 0 radical (unpaired) electrons. The zero-order valence-electron chi connectivity index (χ0n) is 8.22. The highest BCUT2D eigenvalue weighted by Crippen LogP contribution is 2.28. The monoisotopic (exact) mass is 233 g/mol. The average Bonchev–Trinajstić information content (AvgIpc) is 2.30. The molecule has 0 saturated heterocycles. The topological polar surface area (TPSA) is 50.2 Å². The predicted octanol–water partition coefficient (Wildman–Crippen LogP) is 3.10. The summed E-state index contributed by atoms with van der Waals surface area (Å²) in [6.07, 6.45) is 3.33. The van der Waals surface area contributed by atoms with E-state index in [2.05, 4.69) is 4.98 Å². The molecule has 0 bridgehead atoms. The number of halogens is 1. The maximum Gasteiger partial charge on any atom is 0.335 e. The second-order valence-electron chi connectivity index (χ2n) is 3.24. The van der Waals surface area contributed by atoms with Crippen molar-refractivity contribution in [2.24, 2.45) is 0 Å². The van der Waals surface area contributed by atoms with Gasteiger partial charge < -0.3 is 5.11 Å². The minimum Gasteiger partial charge on any atom is -0.478 e. The molecule has 2 aromatic rings. The highest BCUT2D eigenvalue weighted by atomic mass is 35.5. The molecule has 80 valence electrons. The normalized spacial score (nSPS) is 10.1. The Morgan fingerprint density at radius 3 is 2.44 bits per heavy atom. The standard InChI is InChI=1S/C12H8ClNO2/c13-11-7-9(12(15)16)1-2-10(11)8-3-5-14-6-4-8/h1-7H,(H,15,16). The van der Waals surface area contributed by atoms with Crippen LogP contribution in [0, 0.1) is 0 Å². The number of benzene rings is 1. The lowest BCUT2D eigenvalue weighted by molar-refractivity contribution is 0.0697. The Morgan fingerprint density at radius 2 is 1.88 bits per heavy atom. The van der Waals surface area contributed by atoms with Crippen molar-refractivity contribution in [2.45, 2.75) is 0 Å². The van der Waals surface area contributed by atoms with E-state index in [1.807, 2.05) is 12.1 Å². The van der Waals surface area contributed by atoms with Gasteiger partial charge in [-0.2, -0.15) is 0 Å². The largest absolute Gasteiger partial charge is 0.478 e. The van der Waals surface area contributed by atoms with Crippen LogP contribution >= 0.6 is 11.6 Å². The minimum atomic E-state index is -0.983. The van der Waals surface area contributed by atoms with Crippen LogP contribution < -0.4 is 0 Å². The number of pyridine rings is 1. The van der Waals surface area contributed by atoms with Gasteiger partial charge in [-0.1, -0.05) is 17.7 Å². The number of rotatable bonds is 2. The minimum absolute atomic E-state index is 0.183. The van der Waals surface area contributed by atoms with Crippen LogP contribution in [-0.4, -0.2) is 16.1 Å². The number of hydrogen-bond acceptors (Lipinski definition) is 2. The summed E-state index contributed by atoms with van der Waals surface area (Å²) in [4.78, 5) is 14.6. The molecule has 0 unspecified atom stereocenters. The molecule has 4 heteroatoms. The van der Waals surface area contributed by atoms with Gasteiger partial charge in [-0.15, -0.1) is 0 Å². The number of carboxylic acid groups (broad SMARTS) is 1. The van der Waals surface area contributed by atoms with Gasteiger partial charge >= 0.3 is 5.97 Å². The maximum absolute atomic E-state index is 10.7. The zero-order valence-corrected chi connectivity index (χ0v) is 8.98. The molecule has 1 aromatic heterocycles. The number of carbonyl (C=O) groups is 1. The van der Waals surface area contributed by atoms with Crippen molar-refractivity contribution in [3.8, 4) is 11.1 Å². The SMILES string of the molecule is O=C(O)c1ccc(-c2ccncc2)c(Cl)c1. The number of carboxylic acids is 1. The molecule has 3 nitrogen and oxygen atoms in total. The molecule has 0 aliphatic heterocycles. The summed E-state index contributed by atoms with van der Waals surface area (Å²) < 4.78 is 0. The quantitative estimate of drug-likeness (QED) is 0.867. The van der Waals surface area contributed by atoms with E-state index in [0.717, 1.165) is 11.1 Å². The van der Waals surface area contributed by atoms with Crippen LogP contribution in [0.5, 0.6) is 0 Å². The van der Waals surface area contributed by atoms with Gasteiger partial charge in [-0.25, -0.2) is 4.79 Å². The first-order valence-electron chi connectivity index (χ1n) is 4.62. The lowest BCUT2D eigenvalue weighted by Crippen LogP contribution is -1.95. The molecule has 0 spiro atoms. The van der Waals surface area contributed by atoms with E-state index in [-0.39, 0.29) is 5.56 Å². The van der Waals surface area contributed by atoms with Gasteiger partial charge in [0.1, 0.15) is 0 Å². The fraction of sp³-hybridized carbons (Fsp3) is 0. The fourth-order valence-corrected chi connectivity index (χ4v) is 1.70. The van der Waals surface area contributed by atoms with Gasteiger partial charge in [-0.3, -0.25) is 4.98 Å². The second kappa shape index (κ2) is 4.33. The van der Waals surface area contributed by atoms with E-state index in [9.17, 15) is 4.79 Å². The average molecular weight is 234 g/mol. The van der Waals surface area contributed by atoms with Crippen LogP contribution in [0.15, 0.2) is 42.7 Å². The molecule has 0 fully saturated rings. The van der Waals surface area contributed by atoms with E-state index in [1.54, 1.807) is 18.5 Å². The lowest BCUT2D eigenvalue weighted by Gasteiger charge is -2.04. The summed E-state index contributed by atoms with van der Waals surface area (Å²) in [5.41, 5.74) is 1.90. The summed E-state index contributed by atoms with van der Waals surface area (Å²) in [7, 11) is 0. The third kappa shape index (κ3) is 2.04. The smallest absolute Gasteiger partial charge is 0.335 e. The lowest BCUT2D eigenvalue weighted by atomic mass is 10.1. The van der Waals surface area contributed by atoms with Gasteiger partial charge in [0.15, 0.2) is 0 Å². The van der Waals surface area contributed by atoms with Gasteiger partial charge in [0.25, 0.3) is 0 Å². The molecule has 0 atom stereocenters. The van der Waals surface area contributed by atoms with Crippen LogP contribution in [0.4, 0.5) is 0 Å². The second-order valence-corrected chi connectivity index (χ2v) is 3.64. The van der Waals surface area contributed by atoms with Crippen molar-refractivity contribution in [3.05, 3.63) is 53.3 Å². The van der Waals surface area contributed by atoms with Crippen molar-refractivity contribution >= 4 is 17.6 Å².